The molecule has 1 N–H and O–H groups in total. The van der Waals surface area contributed by atoms with Gasteiger partial charge in [0.25, 0.3) is 5.91 Å². The number of aromatic amines is 1. The average Bonchev–Trinajstić information content (AvgIpc) is 3.47. The Balaban J connectivity index is 1.37. The van der Waals surface area contributed by atoms with Crippen LogP contribution in [0.2, 0.25) is 0 Å². The largest absolute Gasteiger partial charge is 0.493 e. The first-order valence-corrected chi connectivity index (χ1v) is 10.9. The standard InChI is InChI=1S/C25H25N5O2/c1-3-32-24-6-4-5-21-20(24)11-23(29-21)25(31)30-8-7-17(14-30)22-10-18(9-16(2)28-22)19-12-26-15-27-13-19/h4-6,9-13,15,17,29H,3,7-8,14H2,1-2H3/t17-/m1/s1. The molecule has 0 radical (unpaired) electrons. The normalized spacial score (nSPS) is 15.9. The Kier molecular flexibility index (Phi) is 5.31. The molecule has 1 aromatic carbocycles. The highest BCUT2D eigenvalue weighted by Crippen LogP contribution is 2.31. The summed E-state index contributed by atoms with van der Waals surface area (Å²) < 4.78 is 5.71. The van der Waals surface area contributed by atoms with Crippen molar-refractivity contribution in [3.05, 3.63) is 72.2 Å². The lowest BCUT2D eigenvalue weighted by molar-refractivity contribution is 0.0786. The van der Waals surface area contributed by atoms with Crippen molar-refractivity contribution < 1.29 is 9.53 Å². The van der Waals surface area contributed by atoms with E-state index in [-0.39, 0.29) is 11.8 Å². The van der Waals surface area contributed by atoms with Crippen LogP contribution in [-0.2, 0) is 0 Å². The molecule has 4 aromatic rings. The van der Waals surface area contributed by atoms with E-state index in [4.69, 9.17) is 9.72 Å². The van der Waals surface area contributed by atoms with Crippen molar-refractivity contribution in [2.45, 2.75) is 26.2 Å². The molecule has 3 aromatic heterocycles. The maximum atomic E-state index is 13.2. The van der Waals surface area contributed by atoms with Gasteiger partial charge in [-0.2, -0.15) is 0 Å². The minimum absolute atomic E-state index is 0.00971. The fraction of sp³-hybridized carbons (Fsp3) is 0.280. The first kappa shape index (κ1) is 20.2. The van der Waals surface area contributed by atoms with Crippen LogP contribution in [0.1, 0.15) is 41.1 Å². The Morgan fingerprint density at radius 2 is 2.03 bits per heavy atom. The van der Waals surface area contributed by atoms with Crippen LogP contribution in [0.5, 0.6) is 5.75 Å². The lowest BCUT2D eigenvalue weighted by atomic mass is 10.00. The number of likely N-dealkylation sites (tertiary alicyclic amines) is 1. The Bertz CT molecular complexity index is 1270. The van der Waals surface area contributed by atoms with Gasteiger partial charge in [0, 0.05) is 59.3 Å². The van der Waals surface area contributed by atoms with E-state index in [0.717, 1.165) is 45.6 Å². The monoisotopic (exact) mass is 427 g/mol. The molecular weight excluding hydrogens is 402 g/mol. The molecule has 162 valence electrons. The maximum absolute atomic E-state index is 13.2. The van der Waals surface area contributed by atoms with Gasteiger partial charge >= 0.3 is 0 Å². The summed E-state index contributed by atoms with van der Waals surface area (Å²) in [4.78, 5) is 31.4. The van der Waals surface area contributed by atoms with Crippen LogP contribution in [0.4, 0.5) is 0 Å². The molecule has 5 rings (SSSR count). The minimum atomic E-state index is 0.00971. The van der Waals surface area contributed by atoms with Crippen LogP contribution in [0.3, 0.4) is 0 Å². The number of carbonyl (C=O) groups excluding carboxylic acids is 1. The molecule has 0 bridgehead atoms. The predicted octanol–water partition coefficient (Wildman–Crippen LogP) is 4.36. The Labute approximate surface area is 186 Å². The fourth-order valence-corrected chi connectivity index (χ4v) is 4.40. The minimum Gasteiger partial charge on any atom is -0.493 e. The van der Waals surface area contributed by atoms with E-state index in [2.05, 4.69) is 21.0 Å². The second-order valence-corrected chi connectivity index (χ2v) is 8.12. The van der Waals surface area contributed by atoms with Gasteiger partial charge < -0.3 is 14.6 Å². The average molecular weight is 428 g/mol. The lowest BCUT2D eigenvalue weighted by Crippen LogP contribution is -2.28. The quantitative estimate of drug-likeness (QED) is 0.512. The molecule has 1 saturated heterocycles. The highest BCUT2D eigenvalue weighted by atomic mass is 16.5. The molecule has 1 aliphatic heterocycles. The molecule has 32 heavy (non-hydrogen) atoms. The Morgan fingerprint density at radius 3 is 2.84 bits per heavy atom. The van der Waals surface area contributed by atoms with Gasteiger partial charge in [-0.05, 0) is 56.2 Å². The third kappa shape index (κ3) is 3.82. The van der Waals surface area contributed by atoms with Crippen LogP contribution in [-0.4, -0.2) is 50.4 Å². The second-order valence-electron chi connectivity index (χ2n) is 8.12. The molecule has 4 heterocycles. The van der Waals surface area contributed by atoms with E-state index < -0.39 is 0 Å². The number of nitrogens with one attached hydrogen (secondary N) is 1. The molecule has 0 aliphatic carbocycles. The van der Waals surface area contributed by atoms with E-state index in [1.165, 1.54) is 6.33 Å². The van der Waals surface area contributed by atoms with E-state index in [1.807, 2.05) is 61.5 Å². The number of hydrogen-bond donors (Lipinski definition) is 1. The zero-order valence-corrected chi connectivity index (χ0v) is 18.2. The summed E-state index contributed by atoms with van der Waals surface area (Å²) in [5.74, 6) is 1.00. The summed E-state index contributed by atoms with van der Waals surface area (Å²) in [6.07, 6.45) is 6.03. The van der Waals surface area contributed by atoms with E-state index >= 15 is 0 Å². The third-order valence-corrected chi connectivity index (χ3v) is 5.92. The number of nitrogens with zero attached hydrogens (tertiary/aromatic N) is 4. The van der Waals surface area contributed by atoms with Gasteiger partial charge in [0.2, 0.25) is 0 Å². The first-order chi connectivity index (χ1) is 15.6. The molecule has 7 heteroatoms. The van der Waals surface area contributed by atoms with Crippen molar-refractivity contribution in [1.82, 2.24) is 24.8 Å². The molecular formula is C25H25N5O2. The zero-order chi connectivity index (χ0) is 22.1. The van der Waals surface area contributed by atoms with Crippen molar-refractivity contribution >= 4 is 16.8 Å². The van der Waals surface area contributed by atoms with Crippen molar-refractivity contribution in [2.75, 3.05) is 19.7 Å². The molecule has 0 spiro atoms. The van der Waals surface area contributed by atoms with Crippen molar-refractivity contribution in [3.63, 3.8) is 0 Å². The maximum Gasteiger partial charge on any atom is 0.270 e. The summed E-state index contributed by atoms with van der Waals surface area (Å²) in [5.41, 5.74) is 5.47. The number of H-pyrrole nitrogens is 1. The SMILES string of the molecule is CCOc1cccc2[nH]c(C(=O)N3CC[C@@H](c4cc(-c5cncnc5)cc(C)n4)C3)cc12. The second kappa shape index (κ2) is 8.42. The third-order valence-electron chi connectivity index (χ3n) is 5.92. The number of carbonyl (C=O) groups is 1. The fourth-order valence-electron chi connectivity index (χ4n) is 4.40. The van der Waals surface area contributed by atoms with Crippen molar-refractivity contribution in [1.29, 1.82) is 0 Å². The molecule has 1 amide bonds. The molecule has 0 unspecified atom stereocenters. The number of amides is 1. The van der Waals surface area contributed by atoms with Crippen LogP contribution in [0, 0.1) is 6.92 Å². The first-order valence-electron chi connectivity index (χ1n) is 10.9. The van der Waals surface area contributed by atoms with Gasteiger partial charge in [0.1, 0.15) is 17.8 Å². The Hall–Kier alpha value is -3.74. The number of fused-ring (bicyclic) bond motifs is 1. The van der Waals surface area contributed by atoms with Crippen molar-refractivity contribution in [2.24, 2.45) is 0 Å². The molecule has 0 saturated carbocycles. The van der Waals surface area contributed by atoms with E-state index in [1.54, 1.807) is 0 Å². The molecule has 1 fully saturated rings. The van der Waals surface area contributed by atoms with Gasteiger partial charge in [-0.25, -0.2) is 9.97 Å². The van der Waals surface area contributed by atoms with Crippen LogP contribution in [0.15, 0.2) is 55.1 Å². The number of ether oxygens (including phenoxy) is 1. The highest BCUT2D eigenvalue weighted by Gasteiger charge is 2.30. The highest BCUT2D eigenvalue weighted by molar-refractivity contribution is 5.99. The van der Waals surface area contributed by atoms with E-state index in [9.17, 15) is 4.79 Å². The summed E-state index contributed by atoms with van der Waals surface area (Å²) in [5, 5.41) is 0.934. The number of pyridine rings is 1. The van der Waals surface area contributed by atoms with Gasteiger partial charge in [0.15, 0.2) is 0 Å². The number of aromatic nitrogens is 4. The summed E-state index contributed by atoms with van der Waals surface area (Å²) in [6.45, 7) is 5.89. The van der Waals surface area contributed by atoms with Gasteiger partial charge in [0.05, 0.1) is 6.61 Å². The van der Waals surface area contributed by atoms with Crippen LogP contribution in [0.25, 0.3) is 22.0 Å². The van der Waals surface area contributed by atoms with Crippen molar-refractivity contribution in [3.8, 4) is 16.9 Å². The summed E-state index contributed by atoms with van der Waals surface area (Å²) in [7, 11) is 0. The number of rotatable bonds is 5. The molecule has 7 nitrogen and oxygen atoms in total. The van der Waals surface area contributed by atoms with E-state index in [0.29, 0.717) is 25.4 Å². The molecule has 1 aliphatic rings. The van der Waals surface area contributed by atoms with Gasteiger partial charge in [-0.3, -0.25) is 9.78 Å². The summed E-state index contributed by atoms with van der Waals surface area (Å²) in [6, 6.07) is 11.9. The topological polar surface area (TPSA) is 84.0 Å². The lowest BCUT2D eigenvalue weighted by Gasteiger charge is -2.16. The number of aryl methyl sites for hydroxylation is 1. The Morgan fingerprint density at radius 1 is 1.19 bits per heavy atom. The zero-order valence-electron chi connectivity index (χ0n) is 18.2. The van der Waals surface area contributed by atoms with Gasteiger partial charge in [-0.1, -0.05) is 6.07 Å². The predicted molar refractivity (Wildman–Crippen MR) is 123 cm³/mol. The molecule has 1 atom stereocenters. The number of benzene rings is 1. The van der Waals surface area contributed by atoms with Crippen LogP contribution >= 0.6 is 0 Å². The van der Waals surface area contributed by atoms with Crippen LogP contribution < -0.4 is 4.74 Å². The smallest absolute Gasteiger partial charge is 0.270 e. The number of hydrogen-bond acceptors (Lipinski definition) is 5. The summed E-state index contributed by atoms with van der Waals surface area (Å²) >= 11 is 0. The van der Waals surface area contributed by atoms with Gasteiger partial charge in [-0.15, -0.1) is 0 Å².